The van der Waals surface area contributed by atoms with Gasteiger partial charge in [-0.1, -0.05) is 18.2 Å². The molecule has 0 bridgehead atoms. The molecule has 2 aliphatic heterocycles. The zero-order valence-electron chi connectivity index (χ0n) is 18.2. The number of imide groups is 1. The molecular formula is C24H26N2O5. The molecule has 0 unspecified atom stereocenters. The summed E-state index contributed by atoms with van der Waals surface area (Å²) in [5.74, 6) is 0.541. The number of nitrogens with one attached hydrogen (secondary N) is 1. The minimum Gasteiger partial charge on any atom is -0.454 e. The molecule has 0 aromatic heterocycles. The van der Waals surface area contributed by atoms with Gasteiger partial charge in [-0.15, -0.1) is 0 Å². The van der Waals surface area contributed by atoms with Crippen molar-refractivity contribution in [3.05, 3.63) is 58.8 Å². The lowest BCUT2D eigenvalue weighted by molar-refractivity contribution is -0.137. The molecule has 7 heteroatoms. The molecule has 2 aromatic rings. The van der Waals surface area contributed by atoms with Crippen LogP contribution in [0.4, 0.5) is 5.69 Å². The molecule has 2 amide bonds. The average molecular weight is 422 g/mol. The van der Waals surface area contributed by atoms with Gasteiger partial charge >= 0.3 is 0 Å². The highest BCUT2D eigenvalue weighted by atomic mass is 16.7. The molecule has 0 aliphatic carbocycles. The number of rotatable bonds is 7. The van der Waals surface area contributed by atoms with E-state index >= 15 is 0 Å². The van der Waals surface area contributed by atoms with Crippen LogP contribution < -0.4 is 14.8 Å². The van der Waals surface area contributed by atoms with E-state index in [2.05, 4.69) is 5.32 Å². The van der Waals surface area contributed by atoms with E-state index < -0.39 is 0 Å². The Kier molecular flexibility index (Phi) is 5.69. The average Bonchev–Trinajstić information content (AvgIpc) is 3.28. The van der Waals surface area contributed by atoms with Gasteiger partial charge in [0.15, 0.2) is 11.5 Å². The van der Waals surface area contributed by atoms with Crippen molar-refractivity contribution in [3.63, 3.8) is 0 Å². The number of carbonyl (C=O) groups is 2. The van der Waals surface area contributed by atoms with Crippen molar-refractivity contribution in [1.29, 1.82) is 0 Å². The highest BCUT2D eigenvalue weighted by molar-refractivity contribution is 6.36. The largest absolute Gasteiger partial charge is 0.454 e. The van der Waals surface area contributed by atoms with Gasteiger partial charge in [-0.2, -0.15) is 0 Å². The van der Waals surface area contributed by atoms with Crippen LogP contribution in [0.2, 0.25) is 0 Å². The monoisotopic (exact) mass is 422 g/mol. The van der Waals surface area contributed by atoms with Crippen LogP contribution in [0.1, 0.15) is 30.5 Å². The van der Waals surface area contributed by atoms with E-state index in [0.717, 1.165) is 11.1 Å². The molecule has 2 heterocycles. The van der Waals surface area contributed by atoms with Crippen LogP contribution in [-0.2, 0) is 14.3 Å². The van der Waals surface area contributed by atoms with E-state index in [0.29, 0.717) is 28.3 Å². The van der Waals surface area contributed by atoms with Gasteiger partial charge in [-0.3, -0.25) is 14.5 Å². The number of hydrogen-bond donors (Lipinski definition) is 1. The first kappa shape index (κ1) is 20.9. The number of benzene rings is 2. The van der Waals surface area contributed by atoms with Crippen molar-refractivity contribution < 1.29 is 23.8 Å². The number of anilines is 1. The molecule has 4 rings (SSSR count). The van der Waals surface area contributed by atoms with Crippen molar-refractivity contribution in [1.82, 2.24) is 4.90 Å². The smallest absolute Gasteiger partial charge is 0.278 e. The van der Waals surface area contributed by atoms with Crippen LogP contribution >= 0.6 is 0 Å². The summed E-state index contributed by atoms with van der Waals surface area (Å²) in [6.07, 6.45) is 0.0196. The van der Waals surface area contributed by atoms with E-state index in [1.165, 1.54) is 4.90 Å². The second kappa shape index (κ2) is 8.43. The van der Waals surface area contributed by atoms with Gasteiger partial charge < -0.3 is 19.5 Å². The van der Waals surface area contributed by atoms with Gasteiger partial charge in [0.1, 0.15) is 5.70 Å². The first-order chi connectivity index (χ1) is 14.8. The maximum Gasteiger partial charge on any atom is 0.278 e. The Bertz CT molecular complexity index is 1070. The van der Waals surface area contributed by atoms with Gasteiger partial charge in [0.05, 0.1) is 24.8 Å². The Morgan fingerprint density at radius 2 is 1.77 bits per heavy atom. The van der Waals surface area contributed by atoms with Gasteiger partial charge in [0, 0.05) is 11.8 Å². The van der Waals surface area contributed by atoms with Crippen LogP contribution in [-0.4, -0.2) is 42.8 Å². The Labute approximate surface area is 181 Å². The third-order valence-electron chi connectivity index (χ3n) is 5.37. The van der Waals surface area contributed by atoms with Crippen LogP contribution in [0.5, 0.6) is 11.5 Å². The third-order valence-corrected chi connectivity index (χ3v) is 5.37. The summed E-state index contributed by atoms with van der Waals surface area (Å²) < 4.78 is 16.3. The molecule has 2 aromatic carbocycles. The minimum atomic E-state index is -0.372. The maximum absolute atomic E-state index is 13.3. The normalized spacial score (nSPS) is 15.5. The van der Waals surface area contributed by atoms with Crippen molar-refractivity contribution in [2.75, 3.05) is 25.3 Å². The van der Waals surface area contributed by atoms with Crippen LogP contribution in [0, 0.1) is 13.8 Å². The molecule has 0 spiro atoms. The topological polar surface area (TPSA) is 77.1 Å². The standard InChI is InChI=1S/C24H26N2O5/c1-14(2)29-10-9-26-23(27)21(17-6-5-15(3)16(4)11-17)22(24(26)28)25-18-7-8-19-20(12-18)31-13-30-19/h5-8,11-12,14,25H,9-10,13H2,1-4H3. The molecule has 0 fully saturated rings. The van der Waals surface area contributed by atoms with Gasteiger partial charge in [0.25, 0.3) is 11.8 Å². The van der Waals surface area contributed by atoms with Crippen LogP contribution in [0.3, 0.4) is 0 Å². The van der Waals surface area contributed by atoms with E-state index in [1.54, 1.807) is 18.2 Å². The highest BCUT2D eigenvalue weighted by Gasteiger charge is 2.39. The molecule has 0 radical (unpaired) electrons. The van der Waals surface area contributed by atoms with Gasteiger partial charge in [-0.05, 0) is 56.5 Å². The number of hydrogen-bond acceptors (Lipinski definition) is 6. The SMILES string of the molecule is Cc1ccc(C2=C(Nc3ccc4c(c3)OCO4)C(=O)N(CCOC(C)C)C2=O)cc1C. The lowest BCUT2D eigenvalue weighted by Crippen LogP contribution is -2.35. The lowest BCUT2D eigenvalue weighted by Gasteiger charge is -2.16. The Morgan fingerprint density at radius 1 is 1.00 bits per heavy atom. The van der Waals surface area contributed by atoms with E-state index in [4.69, 9.17) is 14.2 Å². The zero-order chi connectivity index (χ0) is 22.1. The fourth-order valence-corrected chi connectivity index (χ4v) is 3.56. The molecule has 162 valence electrons. The molecule has 31 heavy (non-hydrogen) atoms. The van der Waals surface area contributed by atoms with Crippen LogP contribution in [0.15, 0.2) is 42.1 Å². The van der Waals surface area contributed by atoms with Crippen LogP contribution in [0.25, 0.3) is 5.57 Å². The van der Waals surface area contributed by atoms with Crippen molar-refractivity contribution in [2.24, 2.45) is 0 Å². The van der Waals surface area contributed by atoms with E-state index in [-0.39, 0.29) is 43.6 Å². The lowest BCUT2D eigenvalue weighted by atomic mass is 9.99. The quantitative estimate of drug-likeness (QED) is 0.687. The molecular weight excluding hydrogens is 396 g/mol. The molecule has 1 N–H and O–H groups in total. The predicted molar refractivity (Wildman–Crippen MR) is 117 cm³/mol. The molecule has 7 nitrogen and oxygen atoms in total. The second-order valence-electron chi connectivity index (χ2n) is 7.92. The van der Waals surface area contributed by atoms with E-state index in [9.17, 15) is 9.59 Å². The van der Waals surface area contributed by atoms with Gasteiger partial charge in [-0.25, -0.2) is 0 Å². The van der Waals surface area contributed by atoms with Crippen molar-refractivity contribution in [3.8, 4) is 11.5 Å². The summed E-state index contributed by atoms with van der Waals surface area (Å²) in [4.78, 5) is 27.8. The maximum atomic E-state index is 13.3. The molecule has 0 saturated heterocycles. The summed E-state index contributed by atoms with van der Waals surface area (Å²) in [6.45, 7) is 8.47. The summed E-state index contributed by atoms with van der Waals surface area (Å²) in [6, 6.07) is 11.1. The van der Waals surface area contributed by atoms with E-state index in [1.807, 2.05) is 45.9 Å². The molecule has 0 atom stereocenters. The van der Waals surface area contributed by atoms with Crippen molar-refractivity contribution in [2.45, 2.75) is 33.8 Å². The predicted octanol–water partition coefficient (Wildman–Crippen LogP) is 3.65. The van der Waals surface area contributed by atoms with Gasteiger partial charge in [0.2, 0.25) is 6.79 Å². The third kappa shape index (κ3) is 4.14. The fraction of sp³-hybridized carbons (Fsp3) is 0.333. The first-order valence-electron chi connectivity index (χ1n) is 10.3. The number of nitrogens with zero attached hydrogens (tertiary/aromatic N) is 1. The first-order valence-corrected chi connectivity index (χ1v) is 10.3. The number of aryl methyl sites for hydroxylation is 2. The second-order valence-corrected chi connectivity index (χ2v) is 7.92. The zero-order valence-corrected chi connectivity index (χ0v) is 18.2. The summed E-state index contributed by atoms with van der Waals surface area (Å²) in [7, 11) is 0. The fourth-order valence-electron chi connectivity index (χ4n) is 3.56. The number of fused-ring (bicyclic) bond motifs is 1. The Hall–Kier alpha value is -3.32. The Balaban J connectivity index is 1.69. The Morgan fingerprint density at radius 3 is 2.52 bits per heavy atom. The molecule has 2 aliphatic rings. The summed E-state index contributed by atoms with van der Waals surface area (Å²) >= 11 is 0. The molecule has 0 saturated carbocycles. The highest BCUT2D eigenvalue weighted by Crippen LogP contribution is 2.36. The minimum absolute atomic E-state index is 0.0196. The number of ether oxygens (including phenoxy) is 3. The number of amides is 2. The van der Waals surface area contributed by atoms with Crippen molar-refractivity contribution >= 4 is 23.1 Å². The summed E-state index contributed by atoms with van der Waals surface area (Å²) in [5, 5.41) is 3.15. The summed E-state index contributed by atoms with van der Waals surface area (Å²) in [5.41, 5.74) is 4.12. The number of carbonyl (C=O) groups excluding carboxylic acids is 2.